The van der Waals surface area contributed by atoms with E-state index in [-0.39, 0.29) is 11.8 Å². The maximum absolute atomic E-state index is 12.5. The molecule has 1 fully saturated rings. The van der Waals surface area contributed by atoms with Crippen LogP contribution in [0.1, 0.15) is 52.4 Å². The van der Waals surface area contributed by atoms with Crippen molar-refractivity contribution in [2.24, 2.45) is 5.92 Å². The smallest absolute Gasteiger partial charge is 0.243 e. The van der Waals surface area contributed by atoms with Crippen LogP contribution in [0.2, 0.25) is 0 Å². The number of amides is 1. The fourth-order valence-corrected chi connectivity index (χ4v) is 4.52. The van der Waals surface area contributed by atoms with E-state index in [0.29, 0.717) is 23.7 Å². The van der Waals surface area contributed by atoms with Gasteiger partial charge in [-0.25, -0.2) is 8.42 Å². The van der Waals surface area contributed by atoms with Crippen LogP contribution in [0, 0.1) is 5.92 Å². The minimum atomic E-state index is -3.40. The number of carbonyl (C=O) groups is 1. The van der Waals surface area contributed by atoms with Gasteiger partial charge in [-0.1, -0.05) is 26.7 Å². The van der Waals surface area contributed by atoms with Gasteiger partial charge in [0, 0.05) is 24.7 Å². The fourth-order valence-electron chi connectivity index (χ4n) is 3.00. The summed E-state index contributed by atoms with van der Waals surface area (Å²) in [6, 6.07) is 6.51. The SMILES string of the molecule is CCCC[C@H](CC)C(=O)Nc1ccc(S(=O)(=O)N2CCCC2)cc1. The van der Waals surface area contributed by atoms with Crippen molar-refractivity contribution in [3.05, 3.63) is 24.3 Å². The van der Waals surface area contributed by atoms with Gasteiger partial charge in [0.05, 0.1) is 4.90 Å². The van der Waals surface area contributed by atoms with Crippen LogP contribution in [-0.4, -0.2) is 31.7 Å². The van der Waals surface area contributed by atoms with Gasteiger partial charge in [-0.05, 0) is 49.9 Å². The van der Waals surface area contributed by atoms with Crippen LogP contribution in [0.4, 0.5) is 5.69 Å². The Morgan fingerprint density at radius 3 is 2.33 bits per heavy atom. The predicted molar refractivity (Wildman–Crippen MR) is 96.4 cm³/mol. The van der Waals surface area contributed by atoms with Crippen LogP contribution >= 0.6 is 0 Å². The number of hydrogen-bond acceptors (Lipinski definition) is 3. The maximum atomic E-state index is 12.5. The lowest BCUT2D eigenvalue weighted by atomic mass is 9.98. The lowest BCUT2D eigenvalue weighted by molar-refractivity contribution is -0.120. The molecule has 1 aliphatic heterocycles. The van der Waals surface area contributed by atoms with E-state index in [0.717, 1.165) is 38.5 Å². The van der Waals surface area contributed by atoms with Crippen molar-refractivity contribution < 1.29 is 13.2 Å². The highest BCUT2D eigenvalue weighted by molar-refractivity contribution is 7.89. The summed E-state index contributed by atoms with van der Waals surface area (Å²) in [5.41, 5.74) is 0.648. The first-order chi connectivity index (χ1) is 11.5. The average molecular weight is 353 g/mol. The summed E-state index contributed by atoms with van der Waals surface area (Å²) in [4.78, 5) is 12.6. The summed E-state index contributed by atoms with van der Waals surface area (Å²) in [7, 11) is -3.40. The van der Waals surface area contributed by atoms with E-state index in [1.165, 1.54) is 4.31 Å². The molecule has 0 aromatic heterocycles. The standard InChI is InChI=1S/C18H28N2O3S/c1-3-5-8-15(4-2)18(21)19-16-9-11-17(12-10-16)24(22,23)20-13-6-7-14-20/h9-12,15H,3-8,13-14H2,1-2H3,(H,19,21)/t15-/m0/s1. The third-order valence-corrected chi connectivity index (χ3v) is 6.51. The molecule has 1 aromatic carbocycles. The highest BCUT2D eigenvalue weighted by atomic mass is 32.2. The molecule has 1 atom stereocenters. The van der Waals surface area contributed by atoms with Crippen LogP contribution in [-0.2, 0) is 14.8 Å². The number of sulfonamides is 1. The van der Waals surface area contributed by atoms with E-state index < -0.39 is 10.0 Å². The van der Waals surface area contributed by atoms with Crippen LogP contribution in [0.25, 0.3) is 0 Å². The number of anilines is 1. The molecule has 1 saturated heterocycles. The molecule has 0 radical (unpaired) electrons. The molecule has 0 spiro atoms. The number of carbonyl (C=O) groups excluding carboxylic acids is 1. The Labute approximate surface area is 145 Å². The number of hydrogen-bond donors (Lipinski definition) is 1. The lowest BCUT2D eigenvalue weighted by Gasteiger charge is -2.17. The zero-order chi connectivity index (χ0) is 17.6. The van der Waals surface area contributed by atoms with Crippen molar-refractivity contribution in [1.29, 1.82) is 0 Å². The van der Waals surface area contributed by atoms with Crippen molar-refractivity contribution in [2.45, 2.75) is 57.3 Å². The van der Waals surface area contributed by atoms with Gasteiger partial charge in [0.25, 0.3) is 0 Å². The van der Waals surface area contributed by atoms with Crippen molar-refractivity contribution in [1.82, 2.24) is 4.31 Å². The lowest BCUT2D eigenvalue weighted by Crippen LogP contribution is -2.27. The molecule has 0 aliphatic carbocycles. The first-order valence-electron chi connectivity index (χ1n) is 8.90. The molecule has 24 heavy (non-hydrogen) atoms. The van der Waals surface area contributed by atoms with Crippen molar-refractivity contribution in [2.75, 3.05) is 18.4 Å². The molecule has 1 amide bonds. The molecule has 1 aliphatic rings. The third-order valence-electron chi connectivity index (χ3n) is 4.59. The topological polar surface area (TPSA) is 66.5 Å². The van der Waals surface area contributed by atoms with E-state index in [2.05, 4.69) is 12.2 Å². The second-order valence-electron chi connectivity index (χ2n) is 6.37. The zero-order valence-corrected chi connectivity index (χ0v) is 15.4. The van der Waals surface area contributed by atoms with Gasteiger partial charge in [-0.15, -0.1) is 0 Å². The highest BCUT2D eigenvalue weighted by Gasteiger charge is 2.27. The van der Waals surface area contributed by atoms with Gasteiger partial charge in [0.1, 0.15) is 0 Å². The van der Waals surface area contributed by atoms with Crippen LogP contribution in [0.3, 0.4) is 0 Å². The fraction of sp³-hybridized carbons (Fsp3) is 0.611. The summed E-state index contributed by atoms with van der Waals surface area (Å²) in [5, 5.41) is 2.90. The number of nitrogens with zero attached hydrogens (tertiary/aromatic N) is 1. The van der Waals surface area contributed by atoms with Gasteiger partial charge >= 0.3 is 0 Å². The Bertz CT molecular complexity index is 635. The summed E-state index contributed by atoms with van der Waals surface area (Å²) in [6.07, 6.45) is 5.66. The summed E-state index contributed by atoms with van der Waals surface area (Å²) in [5.74, 6) is 0.0269. The van der Waals surface area contributed by atoms with Gasteiger partial charge in [0.15, 0.2) is 0 Å². The number of rotatable bonds is 8. The largest absolute Gasteiger partial charge is 0.326 e. The molecule has 0 unspecified atom stereocenters. The van der Waals surface area contributed by atoms with Crippen molar-refractivity contribution >= 4 is 21.6 Å². The second kappa shape index (κ2) is 8.62. The Kier molecular flexibility index (Phi) is 6.80. The monoisotopic (exact) mass is 352 g/mol. The predicted octanol–water partition coefficient (Wildman–Crippen LogP) is 3.63. The molecular weight excluding hydrogens is 324 g/mol. The minimum Gasteiger partial charge on any atom is -0.326 e. The highest BCUT2D eigenvalue weighted by Crippen LogP contribution is 2.23. The van der Waals surface area contributed by atoms with E-state index in [1.807, 2.05) is 6.92 Å². The first-order valence-corrected chi connectivity index (χ1v) is 10.3. The van der Waals surface area contributed by atoms with Crippen molar-refractivity contribution in [3.8, 4) is 0 Å². The summed E-state index contributed by atoms with van der Waals surface area (Å²) >= 11 is 0. The average Bonchev–Trinajstić information content (AvgIpc) is 3.11. The molecule has 2 rings (SSSR count). The normalized spacial score (nSPS) is 16.9. The van der Waals surface area contributed by atoms with E-state index >= 15 is 0 Å². The van der Waals surface area contributed by atoms with E-state index in [9.17, 15) is 13.2 Å². The molecule has 1 N–H and O–H groups in total. The molecular formula is C18H28N2O3S. The molecule has 1 heterocycles. The third kappa shape index (κ3) is 4.57. The second-order valence-corrected chi connectivity index (χ2v) is 8.31. The van der Waals surface area contributed by atoms with Crippen LogP contribution in [0.5, 0.6) is 0 Å². The summed E-state index contributed by atoms with van der Waals surface area (Å²) in [6.45, 7) is 5.32. The van der Waals surface area contributed by atoms with Gasteiger partial charge in [-0.2, -0.15) is 4.31 Å². The Morgan fingerprint density at radius 2 is 1.79 bits per heavy atom. The Morgan fingerprint density at radius 1 is 1.17 bits per heavy atom. The molecule has 0 bridgehead atoms. The van der Waals surface area contributed by atoms with Crippen LogP contribution < -0.4 is 5.32 Å². The van der Waals surface area contributed by atoms with Gasteiger partial charge in [0.2, 0.25) is 15.9 Å². The number of unbranched alkanes of at least 4 members (excludes halogenated alkanes) is 1. The molecule has 6 heteroatoms. The maximum Gasteiger partial charge on any atom is 0.243 e. The zero-order valence-electron chi connectivity index (χ0n) is 14.6. The number of benzene rings is 1. The van der Waals surface area contributed by atoms with Gasteiger partial charge in [-0.3, -0.25) is 4.79 Å². The Balaban J connectivity index is 2.02. The molecule has 1 aromatic rings. The summed E-state index contributed by atoms with van der Waals surface area (Å²) < 4.78 is 26.5. The molecule has 134 valence electrons. The first kappa shape index (κ1) is 18.9. The molecule has 5 nitrogen and oxygen atoms in total. The van der Waals surface area contributed by atoms with Crippen molar-refractivity contribution in [3.63, 3.8) is 0 Å². The van der Waals surface area contributed by atoms with E-state index in [4.69, 9.17) is 0 Å². The van der Waals surface area contributed by atoms with Crippen LogP contribution in [0.15, 0.2) is 29.2 Å². The number of nitrogens with one attached hydrogen (secondary N) is 1. The minimum absolute atomic E-state index is 0.0120. The van der Waals surface area contributed by atoms with E-state index in [1.54, 1.807) is 24.3 Å². The Hall–Kier alpha value is -1.40. The van der Waals surface area contributed by atoms with Gasteiger partial charge < -0.3 is 5.32 Å². The molecule has 0 saturated carbocycles. The quantitative estimate of drug-likeness (QED) is 0.777.